The summed E-state index contributed by atoms with van der Waals surface area (Å²) in [5, 5.41) is 2.86. The van der Waals surface area contributed by atoms with Crippen LogP contribution in [0.25, 0.3) is 0 Å². The molecule has 1 fully saturated rings. The number of H-pyrrole nitrogens is 1. The maximum Gasteiger partial charge on any atom is 0.407 e. The topological polar surface area (TPSA) is 113 Å². The van der Waals surface area contributed by atoms with Crippen LogP contribution in [0, 0.1) is 0 Å². The van der Waals surface area contributed by atoms with E-state index in [1.54, 1.807) is 0 Å². The Balaban J connectivity index is 2.00. The van der Waals surface area contributed by atoms with E-state index in [2.05, 4.69) is 15.3 Å². The summed E-state index contributed by atoms with van der Waals surface area (Å²) in [4.78, 5) is 31.8. The summed E-state index contributed by atoms with van der Waals surface area (Å²) in [6, 6.07) is 1.36. The van der Waals surface area contributed by atoms with E-state index in [0.29, 0.717) is 12.4 Å². The van der Waals surface area contributed by atoms with E-state index in [0.717, 1.165) is 19.4 Å². The van der Waals surface area contributed by atoms with Crippen LogP contribution in [-0.4, -0.2) is 40.8 Å². The summed E-state index contributed by atoms with van der Waals surface area (Å²) in [7, 11) is 0. The number of hydrogen-bond acceptors (Lipinski definition) is 6. The SMILES string of the molecule is CC(C)(C)OC(=O)N[C@@H]1CCCN(c2cc(=O)[nH]c(N)n2)C1. The van der Waals surface area contributed by atoms with Crippen molar-refractivity contribution < 1.29 is 9.53 Å². The summed E-state index contributed by atoms with van der Waals surface area (Å²) in [6.07, 6.45) is 1.31. The molecule has 22 heavy (non-hydrogen) atoms. The summed E-state index contributed by atoms with van der Waals surface area (Å²) in [5.74, 6) is 0.613. The molecule has 0 aliphatic carbocycles. The van der Waals surface area contributed by atoms with Gasteiger partial charge in [-0.3, -0.25) is 9.78 Å². The van der Waals surface area contributed by atoms with Gasteiger partial charge in [0.05, 0.1) is 0 Å². The number of rotatable bonds is 2. The van der Waals surface area contributed by atoms with Gasteiger partial charge in [0.1, 0.15) is 11.4 Å². The van der Waals surface area contributed by atoms with Crippen LogP contribution in [0.2, 0.25) is 0 Å². The van der Waals surface area contributed by atoms with Crippen LogP contribution >= 0.6 is 0 Å². The predicted molar refractivity (Wildman–Crippen MR) is 83.9 cm³/mol. The fourth-order valence-electron chi connectivity index (χ4n) is 2.40. The smallest absolute Gasteiger partial charge is 0.407 e. The molecule has 4 N–H and O–H groups in total. The van der Waals surface area contributed by atoms with Crippen LogP contribution in [0.1, 0.15) is 33.6 Å². The van der Waals surface area contributed by atoms with Crippen LogP contribution in [0.15, 0.2) is 10.9 Å². The van der Waals surface area contributed by atoms with Gasteiger partial charge in [0.15, 0.2) is 0 Å². The second kappa shape index (κ2) is 6.25. The molecule has 1 amide bonds. The molecule has 1 atom stereocenters. The maximum atomic E-state index is 11.8. The van der Waals surface area contributed by atoms with Crippen molar-refractivity contribution in [3.8, 4) is 0 Å². The molecule has 122 valence electrons. The van der Waals surface area contributed by atoms with Gasteiger partial charge in [-0.2, -0.15) is 4.98 Å². The summed E-state index contributed by atoms with van der Waals surface area (Å²) >= 11 is 0. The zero-order chi connectivity index (χ0) is 16.3. The second-order valence-electron chi connectivity index (χ2n) is 6.42. The van der Waals surface area contributed by atoms with Crippen LogP contribution < -0.4 is 21.5 Å². The Hall–Kier alpha value is -2.25. The number of hydrogen-bond donors (Lipinski definition) is 3. The first-order valence-electron chi connectivity index (χ1n) is 7.34. The highest BCUT2D eigenvalue weighted by atomic mass is 16.6. The minimum absolute atomic E-state index is 0.0501. The van der Waals surface area contributed by atoms with Crippen LogP contribution in [0.3, 0.4) is 0 Å². The number of aromatic amines is 1. The molecule has 1 aliphatic heterocycles. The van der Waals surface area contributed by atoms with E-state index < -0.39 is 11.7 Å². The highest BCUT2D eigenvalue weighted by Gasteiger charge is 2.25. The Morgan fingerprint density at radius 3 is 2.91 bits per heavy atom. The number of nitrogens with zero attached hydrogens (tertiary/aromatic N) is 2. The Labute approximate surface area is 129 Å². The van der Waals surface area contributed by atoms with Gasteiger partial charge in [0, 0.05) is 25.2 Å². The quantitative estimate of drug-likeness (QED) is 0.746. The number of aromatic nitrogens is 2. The van der Waals surface area contributed by atoms with E-state index in [9.17, 15) is 9.59 Å². The van der Waals surface area contributed by atoms with Crippen molar-refractivity contribution in [3.05, 3.63) is 16.4 Å². The molecule has 1 aliphatic rings. The maximum absolute atomic E-state index is 11.8. The van der Waals surface area contributed by atoms with E-state index >= 15 is 0 Å². The van der Waals surface area contributed by atoms with E-state index in [4.69, 9.17) is 10.5 Å². The molecule has 1 saturated heterocycles. The zero-order valence-corrected chi connectivity index (χ0v) is 13.2. The van der Waals surface area contributed by atoms with Crippen molar-refractivity contribution in [2.24, 2.45) is 0 Å². The predicted octanol–water partition coefficient (Wildman–Crippen LogP) is 0.846. The number of ether oxygens (including phenoxy) is 1. The van der Waals surface area contributed by atoms with Crippen LogP contribution in [0.5, 0.6) is 0 Å². The minimum Gasteiger partial charge on any atom is -0.444 e. The number of carbonyl (C=O) groups is 1. The fourth-order valence-corrected chi connectivity index (χ4v) is 2.40. The molecular formula is C14H23N5O3. The van der Waals surface area contributed by atoms with Gasteiger partial charge in [0.2, 0.25) is 5.95 Å². The van der Waals surface area contributed by atoms with Gasteiger partial charge in [0.25, 0.3) is 5.56 Å². The number of carbonyl (C=O) groups excluding carboxylic acids is 1. The van der Waals surface area contributed by atoms with Gasteiger partial charge in [-0.15, -0.1) is 0 Å². The molecule has 1 aromatic rings. The Kier molecular flexibility index (Phi) is 4.58. The third kappa shape index (κ3) is 4.64. The van der Waals surface area contributed by atoms with Crippen molar-refractivity contribution in [2.45, 2.75) is 45.3 Å². The Bertz CT molecular complexity index is 593. The first kappa shape index (κ1) is 16.1. The lowest BCUT2D eigenvalue weighted by molar-refractivity contribution is 0.0500. The normalized spacial score (nSPS) is 18.9. The molecule has 0 aromatic carbocycles. The molecule has 2 heterocycles. The fraction of sp³-hybridized carbons (Fsp3) is 0.643. The number of nitrogens with one attached hydrogen (secondary N) is 2. The minimum atomic E-state index is -0.527. The Morgan fingerprint density at radius 1 is 1.55 bits per heavy atom. The summed E-state index contributed by atoms with van der Waals surface area (Å²) in [5.41, 5.74) is 4.75. The molecule has 0 bridgehead atoms. The number of alkyl carbamates (subject to hydrolysis) is 1. The van der Waals surface area contributed by atoms with Gasteiger partial charge >= 0.3 is 6.09 Å². The molecule has 0 unspecified atom stereocenters. The van der Waals surface area contributed by atoms with Crippen molar-refractivity contribution in [3.63, 3.8) is 0 Å². The molecule has 0 saturated carbocycles. The Morgan fingerprint density at radius 2 is 2.27 bits per heavy atom. The second-order valence-corrected chi connectivity index (χ2v) is 6.42. The molecule has 1 aromatic heterocycles. The number of nitrogens with two attached hydrogens (primary N) is 1. The van der Waals surface area contributed by atoms with Crippen molar-refractivity contribution >= 4 is 17.9 Å². The van der Waals surface area contributed by atoms with E-state index in [1.165, 1.54) is 6.07 Å². The van der Waals surface area contributed by atoms with Gasteiger partial charge in [-0.05, 0) is 33.6 Å². The van der Waals surface area contributed by atoms with Crippen molar-refractivity contribution in [1.82, 2.24) is 15.3 Å². The number of amides is 1. The lowest BCUT2D eigenvalue weighted by Gasteiger charge is -2.34. The molecule has 0 radical (unpaired) electrons. The zero-order valence-electron chi connectivity index (χ0n) is 13.2. The molecular weight excluding hydrogens is 286 g/mol. The third-order valence-electron chi connectivity index (χ3n) is 3.21. The first-order valence-corrected chi connectivity index (χ1v) is 7.34. The van der Waals surface area contributed by atoms with Crippen molar-refractivity contribution in [2.75, 3.05) is 23.7 Å². The van der Waals surface area contributed by atoms with Gasteiger partial charge in [-0.1, -0.05) is 0 Å². The average molecular weight is 309 g/mol. The van der Waals surface area contributed by atoms with Crippen molar-refractivity contribution in [1.29, 1.82) is 0 Å². The lowest BCUT2D eigenvalue weighted by atomic mass is 10.1. The largest absolute Gasteiger partial charge is 0.444 e. The number of nitrogen functional groups attached to an aromatic ring is 1. The third-order valence-corrected chi connectivity index (χ3v) is 3.21. The lowest BCUT2D eigenvalue weighted by Crippen LogP contribution is -2.49. The number of anilines is 2. The van der Waals surface area contributed by atoms with Gasteiger partial charge in [-0.25, -0.2) is 4.79 Å². The van der Waals surface area contributed by atoms with Crippen LogP contribution in [0.4, 0.5) is 16.6 Å². The summed E-state index contributed by atoms with van der Waals surface area (Å²) < 4.78 is 5.26. The molecule has 8 heteroatoms. The monoisotopic (exact) mass is 309 g/mol. The highest BCUT2D eigenvalue weighted by molar-refractivity contribution is 5.68. The summed E-state index contributed by atoms with van der Waals surface area (Å²) in [6.45, 7) is 6.80. The molecule has 0 spiro atoms. The van der Waals surface area contributed by atoms with E-state index in [-0.39, 0.29) is 17.5 Å². The highest BCUT2D eigenvalue weighted by Crippen LogP contribution is 2.17. The average Bonchev–Trinajstić information content (AvgIpc) is 2.35. The first-order chi connectivity index (χ1) is 10.2. The number of piperidine rings is 1. The van der Waals surface area contributed by atoms with Crippen LogP contribution in [-0.2, 0) is 4.74 Å². The van der Waals surface area contributed by atoms with E-state index in [1.807, 2.05) is 25.7 Å². The standard InChI is InChI=1S/C14H23N5O3/c1-14(2,3)22-13(21)16-9-5-4-6-19(8-9)10-7-11(20)18-12(15)17-10/h7,9H,4-6,8H2,1-3H3,(H,16,21)(H3,15,17,18,20)/t9-/m1/s1. The molecule has 2 rings (SSSR count). The van der Waals surface area contributed by atoms with Gasteiger partial charge < -0.3 is 20.7 Å². The molecule has 8 nitrogen and oxygen atoms in total.